The third kappa shape index (κ3) is 1.35. The summed E-state index contributed by atoms with van der Waals surface area (Å²) < 4.78 is 12.4. The summed E-state index contributed by atoms with van der Waals surface area (Å²) in [7, 11) is -0.0667. The van der Waals surface area contributed by atoms with Gasteiger partial charge in [0.05, 0.1) is 6.04 Å². The van der Waals surface area contributed by atoms with Gasteiger partial charge >= 0.3 is 6.09 Å². The van der Waals surface area contributed by atoms with Gasteiger partial charge in [-0.3, -0.25) is 0 Å². The molecule has 1 aliphatic heterocycles. The minimum atomic E-state index is -0.397. The Kier molecular flexibility index (Phi) is 1.87. The average Bonchev–Trinajstić information content (AvgIpc) is 2.54. The van der Waals surface area contributed by atoms with Gasteiger partial charge in [0.2, 0.25) is 0 Å². The second-order valence-corrected chi connectivity index (χ2v) is 3.41. The van der Waals surface area contributed by atoms with Gasteiger partial charge in [-0.05, 0) is 12.5 Å². The summed E-state index contributed by atoms with van der Waals surface area (Å²) in [6.07, 6.45) is -0.586. The highest BCUT2D eigenvalue weighted by molar-refractivity contribution is 5.70. The van der Waals surface area contributed by atoms with Crippen LogP contribution in [0.5, 0.6) is 0 Å². The summed E-state index contributed by atoms with van der Waals surface area (Å²) >= 11 is 0. The molecule has 1 saturated heterocycles. The van der Waals surface area contributed by atoms with Gasteiger partial charge in [-0.2, -0.15) is 0 Å². The molecule has 2 rings (SSSR count). The Morgan fingerprint density at radius 2 is 2.14 bits per heavy atom. The van der Waals surface area contributed by atoms with E-state index in [1.807, 2.05) is 37.3 Å². The van der Waals surface area contributed by atoms with E-state index in [1.54, 1.807) is 0 Å². The van der Waals surface area contributed by atoms with Gasteiger partial charge in [-0.15, -0.1) is 0 Å². The topological polar surface area (TPSA) is 29.5 Å². The highest BCUT2D eigenvalue weighted by Crippen LogP contribution is 2.31. The number of hydrogen-bond donors (Lipinski definition) is 0. The summed E-state index contributed by atoms with van der Waals surface area (Å²) in [5.74, 6) is 0. The molecule has 0 spiro atoms. The number of carbonyl (C=O) groups is 1. The van der Waals surface area contributed by atoms with Crippen LogP contribution >= 0.6 is 0 Å². The maximum atomic E-state index is 11.4. The Balaban J connectivity index is 2.31. The maximum Gasteiger partial charge on any atom is 0.410 e. The molecule has 1 aromatic rings. The van der Waals surface area contributed by atoms with E-state index in [1.165, 1.54) is 4.90 Å². The van der Waals surface area contributed by atoms with E-state index in [9.17, 15) is 4.79 Å². The van der Waals surface area contributed by atoms with Gasteiger partial charge in [0.15, 0.2) is 0 Å². The van der Waals surface area contributed by atoms with Crippen LogP contribution in [0.4, 0.5) is 4.79 Å². The van der Waals surface area contributed by atoms with Crippen molar-refractivity contribution in [3.8, 4) is 0 Å². The molecule has 3 heteroatoms. The van der Waals surface area contributed by atoms with Crippen LogP contribution in [0.25, 0.3) is 0 Å². The predicted molar refractivity (Wildman–Crippen MR) is 52.9 cm³/mol. The minimum Gasteiger partial charge on any atom is -0.444 e. The minimum absolute atomic E-state index is 0.0667. The number of rotatable bonds is 1. The lowest BCUT2D eigenvalue weighted by molar-refractivity contribution is 0.138. The van der Waals surface area contributed by atoms with E-state index in [-0.39, 0.29) is 19.2 Å². The van der Waals surface area contributed by atoms with Crippen LogP contribution in [0.1, 0.15) is 19.9 Å². The van der Waals surface area contributed by atoms with Crippen molar-refractivity contribution in [1.29, 1.82) is 0 Å². The van der Waals surface area contributed by atoms with Crippen LogP contribution in [0, 0.1) is 0 Å². The number of amides is 1. The van der Waals surface area contributed by atoms with Gasteiger partial charge in [-0.1, -0.05) is 30.3 Å². The van der Waals surface area contributed by atoms with Crippen molar-refractivity contribution in [3.05, 3.63) is 35.9 Å². The molecule has 14 heavy (non-hydrogen) atoms. The molecule has 0 bridgehead atoms. The lowest BCUT2D eigenvalue weighted by Gasteiger charge is -2.19. The van der Waals surface area contributed by atoms with Gasteiger partial charge in [0, 0.05) is 8.39 Å². The number of likely N-dealkylation sites (N-methyl/N-ethyl adjacent to an activating group) is 1. The SMILES string of the molecule is [2H]CN1C(=O)O[C@@H](C)[C@H]1c1ccccc1. The highest BCUT2D eigenvalue weighted by Gasteiger charge is 2.37. The van der Waals surface area contributed by atoms with Crippen LogP contribution in [0.2, 0.25) is 0 Å². The molecule has 0 unspecified atom stereocenters. The second-order valence-electron chi connectivity index (χ2n) is 3.41. The van der Waals surface area contributed by atoms with E-state index >= 15 is 0 Å². The normalized spacial score (nSPS) is 27.4. The Bertz CT molecular complexity index is 355. The van der Waals surface area contributed by atoms with Gasteiger partial charge in [-0.25, -0.2) is 4.79 Å². The zero-order valence-corrected chi connectivity index (χ0v) is 8.01. The Morgan fingerprint density at radius 3 is 2.79 bits per heavy atom. The van der Waals surface area contributed by atoms with E-state index in [4.69, 9.17) is 6.11 Å². The molecular formula is C11H13NO2. The van der Waals surface area contributed by atoms with E-state index in [0.29, 0.717) is 0 Å². The fourth-order valence-corrected chi connectivity index (χ4v) is 1.76. The molecule has 3 nitrogen and oxygen atoms in total. The first-order valence-electron chi connectivity index (χ1n) is 5.26. The number of carbonyl (C=O) groups excluding carboxylic acids is 1. The van der Waals surface area contributed by atoms with Crippen molar-refractivity contribution < 1.29 is 10.9 Å². The van der Waals surface area contributed by atoms with E-state index in [2.05, 4.69) is 0 Å². The molecule has 1 fully saturated rings. The predicted octanol–water partition coefficient (Wildman–Crippen LogP) is 2.20. The molecule has 0 aliphatic carbocycles. The molecule has 1 amide bonds. The number of nitrogens with zero attached hydrogens (tertiary/aromatic N) is 1. The highest BCUT2D eigenvalue weighted by atomic mass is 16.6. The summed E-state index contributed by atoms with van der Waals surface area (Å²) in [6, 6.07) is 9.55. The summed E-state index contributed by atoms with van der Waals surface area (Å²) in [4.78, 5) is 12.8. The van der Waals surface area contributed by atoms with Crippen molar-refractivity contribution in [1.82, 2.24) is 4.90 Å². The number of cyclic esters (lactones) is 1. The van der Waals surface area contributed by atoms with Crippen molar-refractivity contribution in [2.45, 2.75) is 19.1 Å². The molecule has 0 N–H and O–H groups in total. The van der Waals surface area contributed by atoms with Crippen molar-refractivity contribution in [3.63, 3.8) is 0 Å². The van der Waals surface area contributed by atoms with E-state index < -0.39 is 6.09 Å². The van der Waals surface area contributed by atoms with Crippen LogP contribution < -0.4 is 0 Å². The molecule has 0 radical (unpaired) electrons. The molecule has 2 atom stereocenters. The van der Waals surface area contributed by atoms with Crippen molar-refractivity contribution in [2.75, 3.05) is 7.02 Å². The summed E-state index contributed by atoms with van der Waals surface area (Å²) in [6.45, 7) is 1.85. The van der Waals surface area contributed by atoms with Crippen LogP contribution in [0.3, 0.4) is 0 Å². The molecule has 0 aromatic heterocycles. The monoisotopic (exact) mass is 192 g/mol. The lowest BCUT2D eigenvalue weighted by Crippen LogP contribution is -2.24. The third-order valence-electron chi connectivity index (χ3n) is 2.44. The molecule has 0 saturated carbocycles. The van der Waals surface area contributed by atoms with Gasteiger partial charge in [0.25, 0.3) is 0 Å². The average molecular weight is 192 g/mol. The quantitative estimate of drug-likeness (QED) is 0.682. The van der Waals surface area contributed by atoms with Gasteiger partial charge in [0.1, 0.15) is 6.10 Å². The standard InChI is InChI=1S/C11H13NO2/c1-8-10(12(2)11(13)14-8)9-6-4-3-5-7-9/h3-8,10H,1-2H3/t8-,10-/m0/s1/i2D. The van der Waals surface area contributed by atoms with E-state index in [0.717, 1.165) is 5.56 Å². The number of benzene rings is 1. The van der Waals surface area contributed by atoms with Crippen LogP contribution in [-0.2, 0) is 4.74 Å². The van der Waals surface area contributed by atoms with Crippen LogP contribution in [0.15, 0.2) is 30.3 Å². The van der Waals surface area contributed by atoms with Crippen LogP contribution in [-0.4, -0.2) is 24.1 Å². The lowest BCUT2D eigenvalue weighted by atomic mass is 10.0. The Labute approximate surface area is 84.7 Å². The van der Waals surface area contributed by atoms with Gasteiger partial charge < -0.3 is 9.64 Å². The Morgan fingerprint density at radius 1 is 1.43 bits per heavy atom. The summed E-state index contributed by atoms with van der Waals surface area (Å²) in [5.41, 5.74) is 1.02. The zero-order valence-electron chi connectivity index (χ0n) is 9.01. The fraction of sp³-hybridized carbons (Fsp3) is 0.364. The summed E-state index contributed by atoms with van der Waals surface area (Å²) in [5, 5.41) is 0. The molecule has 1 heterocycles. The fourth-order valence-electron chi connectivity index (χ4n) is 1.76. The number of hydrogen-bond acceptors (Lipinski definition) is 2. The molecule has 1 aliphatic rings. The van der Waals surface area contributed by atoms with Crippen molar-refractivity contribution >= 4 is 6.09 Å². The third-order valence-corrected chi connectivity index (χ3v) is 2.44. The first kappa shape index (κ1) is 7.85. The number of ether oxygens (including phenoxy) is 1. The smallest absolute Gasteiger partial charge is 0.410 e. The molecule has 1 aromatic carbocycles. The molecular weight excluding hydrogens is 178 g/mol. The first-order chi connectivity index (χ1) is 7.24. The maximum absolute atomic E-state index is 11.4. The molecule has 74 valence electrons. The first-order valence-corrected chi connectivity index (χ1v) is 4.55. The largest absolute Gasteiger partial charge is 0.444 e. The second kappa shape index (κ2) is 3.33. The van der Waals surface area contributed by atoms with Crippen molar-refractivity contribution in [2.24, 2.45) is 0 Å². The Hall–Kier alpha value is -1.51. The zero-order chi connectivity index (χ0) is 10.8.